The van der Waals surface area contributed by atoms with Crippen LogP contribution >= 0.6 is 0 Å². The van der Waals surface area contributed by atoms with E-state index in [1.54, 1.807) is 4.90 Å². The van der Waals surface area contributed by atoms with E-state index in [0.29, 0.717) is 13.0 Å². The van der Waals surface area contributed by atoms with Crippen LogP contribution in [0.15, 0.2) is 0 Å². The molecule has 1 aliphatic heterocycles. The maximum atomic E-state index is 11.4. The van der Waals surface area contributed by atoms with Gasteiger partial charge in [-0.3, -0.25) is 9.59 Å². The van der Waals surface area contributed by atoms with Crippen LogP contribution in [0.5, 0.6) is 0 Å². The minimum atomic E-state index is -0.720. The van der Waals surface area contributed by atoms with Crippen molar-refractivity contribution >= 4 is 11.9 Å². The maximum absolute atomic E-state index is 11.4. The summed E-state index contributed by atoms with van der Waals surface area (Å²) in [4.78, 5) is 24.0. The SMILES string of the molecule is COC(=O)[C@@H](N)CN1CCCCC1=O. The number of hydrogen-bond acceptors (Lipinski definition) is 4. The van der Waals surface area contributed by atoms with Crippen molar-refractivity contribution in [1.29, 1.82) is 0 Å². The minimum Gasteiger partial charge on any atom is -0.468 e. The van der Waals surface area contributed by atoms with Gasteiger partial charge in [0.1, 0.15) is 6.04 Å². The highest BCUT2D eigenvalue weighted by molar-refractivity contribution is 5.79. The number of carbonyl (C=O) groups is 2. The molecule has 0 aliphatic carbocycles. The molecule has 0 saturated carbocycles. The zero-order valence-corrected chi connectivity index (χ0v) is 8.36. The van der Waals surface area contributed by atoms with Gasteiger partial charge in [-0.05, 0) is 12.8 Å². The van der Waals surface area contributed by atoms with Crippen LogP contribution in [0.1, 0.15) is 19.3 Å². The Bertz CT molecular complexity index is 230. The van der Waals surface area contributed by atoms with Gasteiger partial charge in [-0.25, -0.2) is 0 Å². The molecular formula is C9H16N2O3. The van der Waals surface area contributed by atoms with Gasteiger partial charge in [0.25, 0.3) is 0 Å². The van der Waals surface area contributed by atoms with Gasteiger partial charge >= 0.3 is 5.97 Å². The Morgan fingerprint density at radius 3 is 2.93 bits per heavy atom. The molecule has 1 atom stereocenters. The number of hydrogen-bond donors (Lipinski definition) is 1. The molecule has 1 amide bonds. The molecule has 0 aromatic carbocycles. The van der Waals surface area contributed by atoms with Crippen molar-refractivity contribution in [3.05, 3.63) is 0 Å². The van der Waals surface area contributed by atoms with Gasteiger partial charge in [0.05, 0.1) is 7.11 Å². The molecule has 80 valence electrons. The van der Waals surface area contributed by atoms with E-state index in [-0.39, 0.29) is 12.5 Å². The predicted octanol–water partition coefficient (Wildman–Crippen LogP) is -0.501. The molecule has 0 aromatic heterocycles. The third-order valence-corrected chi connectivity index (χ3v) is 2.34. The predicted molar refractivity (Wildman–Crippen MR) is 50.4 cm³/mol. The molecule has 0 spiro atoms. The Morgan fingerprint density at radius 1 is 1.64 bits per heavy atom. The first-order valence-electron chi connectivity index (χ1n) is 4.76. The Kier molecular flexibility index (Phi) is 3.88. The van der Waals surface area contributed by atoms with E-state index < -0.39 is 12.0 Å². The van der Waals surface area contributed by atoms with Crippen molar-refractivity contribution in [2.24, 2.45) is 5.73 Å². The quantitative estimate of drug-likeness (QED) is 0.623. The van der Waals surface area contributed by atoms with E-state index >= 15 is 0 Å². The second kappa shape index (κ2) is 4.95. The molecule has 0 bridgehead atoms. The third kappa shape index (κ3) is 2.70. The number of carbonyl (C=O) groups excluding carboxylic acids is 2. The molecule has 0 aromatic rings. The Hall–Kier alpha value is -1.10. The lowest BCUT2D eigenvalue weighted by Crippen LogP contribution is -2.47. The Balaban J connectivity index is 2.42. The number of ether oxygens (including phenoxy) is 1. The fourth-order valence-electron chi connectivity index (χ4n) is 1.52. The first-order chi connectivity index (χ1) is 6.65. The summed E-state index contributed by atoms with van der Waals surface area (Å²) in [6.07, 6.45) is 2.48. The van der Waals surface area contributed by atoms with E-state index in [2.05, 4.69) is 4.74 Å². The van der Waals surface area contributed by atoms with Crippen molar-refractivity contribution in [3.8, 4) is 0 Å². The zero-order valence-electron chi connectivity index (χ0n) is 8.36. The lowest BCUT2D eigenvalue weighted by Gasteiger charge is -2.28. The highest BCUT2D eigenvalue weighted by Crippen LogP contribution is 2.10. The number of methoxy groups -OCH3 is 1. The van der Waals surface area contributed by atoms with E-state index in [9.17, 15) is 9.59 Å². The van der Waals surface area contributed by atoms with Gasteiger partial charge in [-0.15, -0.1) is 0 Å². The summed E-state index contributed by atoms with van der Waals surface area (Å²) in [6, 6.07) is -0.720. The van der Waals surface area contributed by atoms with Crippen LogP contribution in [0.2, 0.25) is 0 Å². The van der Waals surface area contributed by atoms with Crippen molar-refractivity contribution in [3.63, 3.8) is 0 Å². The fraction of sp³-hybridized carbons (Fsp3) is 0.778. The number of nitrogens with two attached hydrogens (primary N) is 1. The van der Waals surface area contributed by atoms with Gasteiger partial charge in [-0.2, -0.15) is 0 Å². The standard InChI is InChI=1S/C9H16N2O3/c1-14-9(13)7(10)6-11-5-3-2-4-8(11)12/h7H,2-6,10H2,1H3/t7-/m0/s1. The maximum Gasteiger partial charge on any atom is 0.324 e. The summed E-state index contributed by atoms with van der Waals surface area (Å²) < 4.78 is 4.49. The second-order valence-electron chi connectivity index (χ2n) is 3.43. The van der Waals surface area contributed by atoms with Crippen LogP contribution in [0.25, 0.3) is 0 Å². The minimum absolute atomic E-state index is 0.0793. The van der Waals surface area contributed by atoms with Gasteiger partial charge in [0.2, 0.25) is 5.91 Å². The monoisotopic (exact) mass is 200 g/mol. The smallest absolute Gasteiger partial charge is 0.324 e. The van der Waals surface area contributed by atoms with Crippen molar-refractivity contribution in [1.82, 2.24) is 4.90 Å². The molecule has 5 nitrogen and oxygen atoms in total. The second-order valence-corrected chi connectivity index (χ2v) is 3.43. The summed E-state index contributed by atoms with van der Waals surface area (Å²) >= 11 is 0. The molecule has 0 unspecified atom stereocenters. The topological polar surface area (TPSA) is 72.6 Å². The van der Waals surface area contributed by atoms with E-state index in [1.165, 1.54) is 7.11 Å². The number of amides is 1. The largest absolute Gasteiger partial charge is 0.468 e. The van der Waals surface area contributed by atoms with Gasteiger partial charge < -0.3 is 15.4 Å². The van der Waals surface area contributed by atoms with Crippen molar-refractivity contribution in [2.75, 3.05) is 20.2 Å². The van der Waals surface area contributed by atoms with Crippen LogP contribution in [0.4, 0.5) is 0 Å². The fourth-order valence-corrected chi connectivity index (χ4v) is 1.52. The van der Waals surface area contributed by atoms with Gasteiger partial charge in [-0.1, -0.05) is 0 Å². The normalized spacial score (nSPS) is 19.3. The number of likely N-dealkylation sites (tertiary alicyclic amines) is 1. The summed E-state index contributed by atoms with van der Waals surface area (Å²) in [5.41, 5.74) is 5.55. The molecular weight excluding hydrogens is 184 g/mol. The molecule has 5 heteroatoms. The summed E-state index contributed by atoms with van der Waals surface area (Å²) in [5, 5.41) is 0. The molecule has 1 fully saturated rings. The molecule has 14 heavy (non-hydrogen) atoms. The summed E-state index contributed by atoms with van der Waals surface area (Å²) in [5.74, 6) is -0.390. The van der Waals surface area contributed by atoms with Crippen LogP contribution in [0.3, 0.4) is 0 Å². The lowest BCUT2D eigenvalue weighted by molar-refractivity contribution is -0.143. The van der Waals surface area contributed by atoms with Gasteiger partial charge in [0, 0.05) is 19.5 Å². The molecule has 1 rings (SSSR count). The zero-order chi connectivity index (χ0) is 10.6. The van der Waals surface area contributed by atoms with E-state index in [1.807, 2.05) is 0 Å². The highest BCUT2D eigenvalue weighted by Gasteiger charge is 2.23. The van der Waals surface area contributed by atoms with Crippen LogP contribution in [-0.4, -0.2) is 43.0 Å². The van der Waals surface area contributed by atoms with E-state index in [4.69, 9.17) is 5.73 Å². The molecule has 2 N–H and O–H groups in total. The Morgan fingerprint density at radius 2 is 2.36 bits per heavy atom. The first-order valence-corrected chi connectivity index (χ1v) is 4.76. The average Bonchev–Trinajstić information content (AvgIpc) is 2.20. The number of rotatable bonds is 3. The number of esters is 1. The molecule has 1 aliphatic rings. The average molecular weight is 200 g/mol. The molecule has 0 radical (unpaired) electrons. The summed E-state index contributed by atoms with van der Waals surface area (Å²) in [6.45, 7) is 0.967. The number of piperidine rings is 1. The van der Waals surface area contributed by atoms with E-state index in [0.717, 1.165) is 12.8 Å². The summed E-state index contributed by atoms with van der Waals surface area (Å²) in [7, 11) is 1.29. The first kappa shape index (κ1) is 11.0. The lowest BCUT2D eigenvalue weighted by atomic mass is 10.1. The Labute approximate surface area is 83.2 Å². The van der Waals surface area contributed by atoms with Crippen LogP contribution in [-0.2, 0) is 14.3 Å². The third-order valence-electron chi connectivity index (χ3n) is 2.34. The molecule has 1 heterocycles. The van der Waals surface area contributed by atoms with Gasteiger partial charge in [0.15, 0.2) is 0 Å². The van der Waals surface area contributed by atoms with Crippen LogP contribution in [0, 0.1) is 0 Å². The van der Waals surface area contributed by atoms with Crippen molar-refractivity contribution in [2.45, 2.75) is 25.3 Å². The highest BCUT2D eigenvalue weighted by atomic mass is 16.5. The number of nitrogens with zero attached hydrogens (tertiary/aromatic N) is 1. The van der Waals surface area contributed by atoms with Crippen LogP contribution < -0.4 is 5.73 Å². The van der Waals surface area contributed by atoms with Crippen molar-refractivity contribution < 1.29 is 14.3 Å². The molecule has 1 saturated heterocycles.